The molecule has 4 nitrogen and oxygen atoms in total. The highest BCUT2D eigenvalue weighted by Crippen LogP contribution is 2.19. The molecular weight excluding hydrogens is 292 g/mol. The highest BCUT2D eigenvalue weighted by atomic mass is 19.1. The van der Waals surface area contributed by atoms with E-state index < -0.39 is 23.5 Å². The van der Waals surface area contributed by atoms with Gasteiger partial charge in [-0.15, -0.1) is 0 Å². The van der Waals surface area contributed by atoms with Gasteiger partial charge in [0.1, 0.15) is 11.6 Å². The van der Waals surface area contributed by atoms with E-state index in [4.69, 9.17) is 0 Å². The number of amides is 1. The molecule has 0 fully saturated rings. The fourth-order valence-electron chi connectivity index (χ4n) is 1.88. The summed E-state index contributed by atoms with van der Waals surface area (Å²) in [4.78, 5) is 23.5. The van der Waals surface area contributed by atoms with Crippen LogP contribution in [0.3, 0.4) is 0 Å². The SMILES string of the molecule is COC(=O)c1ccc(C)c(NC(=O)c2cc(F)cc(F)c2)c1. The summed E-state index contributed by atoms with van der Waals surface area (Å²) < 4.78 is 30.9. The molecule has 2 aromatic carbocycles. The second kappa shape index (κ2) is 6.34. The minimum Gasteiger partial charge on any atom is -0.465 e. The summed E-state index contributed by atoms with van der Waals surface area (Å²) in [6, 6.07) is 7.16. The van der Waals surface area contributed by atoms with Crippen molar-refractivity contribution in [3.63, 3.8) is 0 Å². The Morgan fingerprint density at radius 3 is 2.23 bits per heavy atom. The first-order chi connectivity index (χ1) is 10.4. The van der Waals surface area contributed by atoms with Gasteiger partial charge in [0.15, 0.2) is 0 Å². The number of carbonyl (C=O) groups excluding carboxylic acids is 2. The van der Waals surface area contributed by atoms with E-state index in [1.165, 1.54) is 13.2 Å². The molecule has 0 aliphatic rings. The number of carbonyl (C=O) groups is 2. The summed E-state index contributed by atoms with van der Waals surface area (Å²) in [5.41, 5.74) is 1.16. The fourth-order valence-corrected chi connectivity index (χ4v) is 1.88. The lowest BCUT2D eigenvalue weighted by Gasteiger charge is -2.10. The molecule has 2 aromatic rings. The van der Waals surface area contributed by atoms with Crippen LogP contribution in [0.25, 0.3) is 0 Å². The van der Waals surface area contributed by atoms with Crippen LogP contribution in [0.5, 0.6) is 0 Å². The molecular formula is C16H13F2NO3. The van der Waals surface area contributed by atoms with Gasteiger partial charge in [0.05, 0.1) is 12.7 Å². The lowest BCUT2D eigenvalue weighted by Crippen LogP contribution is -2.14. The van der Waals surface area contributed by atoms with E-state index in [9.17, 15) is 18.4 Å². The van der Waals surface area contributed by atoms with Crippen molar-refractivity contribution in [1.29, 1.82) is 0 Å². The number of anilines is 1. The number of hydrogen-bond donors (Lipinski definition) is 1. The monoisotopic (exact) mass is 305 g/mol. The average Bonchev–Trinajstić information content (AvgIpc) is 2.47. The Hall–Kier alpha value is -2.76. The second-order valence-electron chi connectivity index (χ2n) is 4.63. The Balaban J connectivity index is 2.29. The number of esters is 1. The van der Waals surface area contributed by atoms with Gasteiger partial charge in [0, 0.05) is 17.3 Å². The Morgan fingerprint density at radius 1 is 1.00 bits per heavy atom. The van der Waals surface area contributed by atoms with Gasteiger partial charge in [-0.25, -0.2) is 13.6 Å². The predicted octanol–water partition coefficient (Wildman–Crippen LogP) is 3.31. The molecule has 0 saturated carbocycles. The lowest BCUT2D eigenvalue weighted by atomic mass is 10.1. The third kappa shape index (κ3) is 3.46. The summed E-state index contributed by atoms with van der Waals surface area (Å²) in [5.74, 6) is -2.91. The van der Waals surface area contributed by atoms with E-state index >= 15 is 0 Å². The Bertz CT molecular complexity index is 724. The molecule has 0 radical (unpaired) electrons. The maximum atomic E-state index is 13.1. The molecule has 0 aliphatic heterocycles. The van der Waals surface area contributed by atoms with Gasteiger partial charge >= 0.3 is 5.97 Å². The molecule has 0 spiro atoms. The van der Waals surface area contributed by atoms with Crippen LogP contribution in [-0.2, 0) is 4.74 Å². The Labute approximate surface area is 125 Å². The molecule has 1 N–H and O–H groups in total. The summed E-state index contributed by atoms with van der Waals surface area (Å²) in [7, 11) is 1.25. The van der Waals surface area contributed by atoms with Crippen LogP contribution in [0.15, 0.2) is 36.4 Å². The van der Waals surface area contributed by atoms with E-state index in [2.05, 4.69) is 10.1 Å². The normalized spacial score (nSPS) is 10.2. The zero-order chi connectivity index (χ0) is 16.3. The highest BCUT2D eigenvalue weighted by molar-refractivity contribution is 6.05. The standard InChI is InChI=1S/C16H13F2NO3/c1-9-3-4-10(16(21)22-2)7-14(9)19-15(20)11-5-12(17)8-13(18)6-11/h3-8H,1-2H3,(H,19,20). The average molecular weight is 305 g/mol. The molecule has 0 heterocycles. The second-order valence-corrected chi connectivity index (χ2v) is 4.63. The van der Waals surface area contributed by atoms with Crippen LogP contribution in [-0.4, -0.2) is 19.0 Å². The van der Waals surface area contributed by atoms with Crippen molar-refractivity contribution in [2.75, 3.05) is 12.4 Å². The van der Waals surface area contributed by atoms with Crippen LogP contribution < -0.4 is 5.32 Å². The largest absolute Gasteiger partial charge is 0.465 e. The van der Waals surface area contributed by atoms with Crippen molar-refractivity contribution >= 4 is 17.6 Å². The van der Waals surface area contributed by atoms with Gasteiger partial charge in [-0.05, 0) is 36.8 Å². The van der Waals surface area contributed by atoms with Crippen molar-refractivity contribution in [3.05, 3.63) is 64.7 Å². The third-order valence-electron chi connectivity index (χ3n) is 3.03. The van der Waals surface area contributed by atoms with Gasteiger partial charge < -0.3 is 10.1 Å². The molecule has 0 saturated heterocycles. The first-order valence-corrected chi connectivity index (χ1v) is 6.37. The number of halogens is 2. The van der Waals surface area contributed by atoms with Gasteiger partial charge in [0.25, 0.3) is 5.91 Å². The minimum absolute atomic E-state index is 0.152. The van der Waals surface area contributed by atoms with Crippen LogP contribution in [0.4, 0.5) is 14.5 Å². The zero-order valence-corrected chi connectivity index (χ0v) is 11.9. The number of rotatable bonds is 3. The van der Waals surface area contributed by atoms with Crippen molar-refractivity contribution in [2.24, 2.45) is 0 Å². The van der Waals surface area contributed by atoms with E-state index in [-0.39, 0.29) is 11.1 Å². The van der Waals surface area contributed by atoms with Gasteiger partial charge in [-0.3, -0.25) is 4.79 Å². The van der Waals surface area contributed by atoms with E-state index in [1.54, 1.807) is 19.1 Å². The maximum Gasteiger partial charge on any atom is 0.337 e. The molecule has 0 unspecified atom stereocenters. The number of methoxy groups -OCH3 is 1. The maximum absolute atomic E-state index is 13.1. The number of ether oxygens (including phenoxy) is 1. The third-order valence-corrected chi connectivity index (χ3v) is 3.03. The lowest BCUT2D eigenvalue weighted by molar-refractivity contribution is 0.0600. The molecule has 6 heteroatoms. The first-order valence-electron chi connectivity index (χ1n) is 6.37. The zero-order valence-electron chi connectivity index (χ0n) is 11.9. The molecule has 2 rings (SSSR count). The van der Waals surface area contributed by atoms with Crippen molar-refractivity contribution < 1.29 is 23.1 Å². The molecule has 0 aliphatic carbocycles. The van der Waals surface area contributed by atoms with Crippen LogP contribution in [0.2, 0.25) is 0 Å². The van der Waals surface area contributed by atoms with E-state index in [0.717, 1.165) is 12.1 Å². The van der Waals surface area contributed by atoms with Gasteiger partial charge in [-0.2, -0.15) is 0 Å². The van der Waals surface area contributed by atoms with E-state index in [0.29, 0.717) is 17.3 Å². The number of hydrogen-bond acceptors (Lipinski definition) is 3. The molecule has 114 valence electrons. The van der Waals surface area contributed by atoms with Crippen molar-refractivity contribution in [2.45, 2.75) is 6.92 Å². The first kappa shape index (κ1) is 15.6. The van der Waals surface area contributed by atoms with Crippen molar-refractivity contribution in [1.82, 2.24) is 0 Å². The topological polar surface area (TPSA) is 55.4 Å². The molecule has 22 heavy (non-hydrogen) atoms. The van der Waals surface area contributed by atoms with Gasteiger partial charge in [0.2, 0.25) is 0 Å². The number of aryl methyl sites for hydroxylation is 1. The predicted molar refractivity (Wildman–Crippen MR) is 76.8 cm³/mol. The van der Waals surface area contributed by atoms with Gasteiger partial charge in [-0.1, -0.05) is 6.07 Å². The van der Waals surface area contributed by atoms with Crippen LogP contribution >= 0.6 is 0 Å². The van der Waals surface area contributed by atoms with Crippen molar-refractivity contribution in [3.8, 4) is 0 Å². The molecule has 0 aromatic heterocycles. The summed E-state index contributed by atoms with van der Waals surface area (Å²) >= 11 is 0. The van der Waals surface area contributed by atoms with Crippen LogP contribution in [0.1, 0.15) is 26.3 Å². The smallest absolute Gasteiger partial charge is 0.337 e. The molecule has 1 amide bonds. The Kier molecular flexibility index (Phi) is 4.50. The Morgan fingerprint density at radius 2 is 1.64 bits per heavy atom. The highest BCUT2D eigenvalue weighted by Gasteiger charge is 2.13. The number of nitrogens with one attached hydrogen (secondary N) is 1. The summed E-state index contributed by atoms with van der Waals surface area (Å²) in [5, 5.41) is 2.52. The molecule has 0 bridgehead atoms. The molecule has 0 atom stereocenters. The summed E-state index contributed by atoms with van der Waals surface area (Å²) in [6.07, 6.45) is 0. The quantitative estimate of drug-likeness (QED) is 0.885. The van der Waals surface area contributed by atoms with E-state index in [1.807, 2.05) is 0 Å². The number of benzene rings is 2. The van der Waals surface area contributed by atoms with Crippen LogP contribution in [0, 0.1) is 18.6 Å². The fraction of sp³-hybridized carbons (Fsp3) is 0.125. The minimum atomic E-state index is -0.842. The summed E-state index contributed by atoms with van der Waals surface area (Å²) in [6.45, 7) is 1.73.